The first-order valence-electron chi connectivity index (χ1n) is 3.38. The minimum Gasteiger partial charge on any atom is -0.296 e. The van der Waals surface area contributed by atoms with Crippen molar-refractivity contribution < 1.29 is 0 Å². The molecule has 0 aliphatic rings. The molecule has 0 amide bonds. The van der Waals surface area contributed by atoms with Gasteiger partial charge in [-0.25, -0.2) is 0 Å². The standard InChI is InChI=1S/C8H10N2/c1-6-3-4-8-7(5-6)9-10(8)2/h3-5,9H,1-2H3. The minimum absolute atomic E-state index is 1.24. The maximum Gasteiger partial charge on any atom is 0.0818 e. The van der Waals surface area contributed by atoms with Crippen molar-refractivity contribution in [3.05, 3.63) is 23.8 Å². The Morgan fingerprint density at radius 3 is 2.80 bits per heavy atom. The van der Waals surface area contributed by atoms with E-state index >= 15 is 0 Å². The Bertz CT molecular complexity index is 350. The van der Waals surface area contributed by atoms with E-state index in [1.807, 2.05) is 11.7 Å². The molecule has 0 saturated carbocycles. The van der Waals surface area contributed by atoms with Crippen LogP contribution in [0.5, 0.6) is 0 Å². The van der Waals surface area contributed by atoms with Crippen LogP contribution in [0.1, 0.15) is 5.56 Å². The number of nitrogens with zero attached hydrogens (tertiary/aromatic N) is 1. The highest BCUT2D eigenvalue weighted by Crippen LogP contribution is 2.14. The summed E-state index contributed by atoms with van der Waals surface area (Å²) in [7, 11) is 2.01. The van der Waals surface area contributed by atoms with Gasteiger partial charge in [0.05, 0.1) is 11.0 Å². The van der Waals surface area contributed by atoms with Crippen molar-refractivity contribution in [1.82, 2.24) is 9.78 Å². The zero-order valence-corrected chi connectivity index (χ0v) is 6.18. The van der Waals surface area contributed by atoms with Crippen LogP contribution in [0.25, 0.3) is 11.0 Å². The molecule has 2 nitrogen and oxygen atoms in total. The molecule has 1 N–H and O–H groups in total. The monoisotopic (exact) mass is 134 g/mol. The lowest BCUT2D eigenvalue weighted by atomic mass is 10.2. The van der Waals surface area contributed by atoms with Crippen LogP contribution in [0.2, 0.25) is 0 Å². The first kappa shape index (κ1) is 5.59. The van der Waals surface area contributed by atoms with Gasteiger partial charge in [-0.3, -0.25) is 9.78 Å². The van der Waals surface area contributed by atoms with Gasteiger partial charge in [-0.15, -0.1) is 0 Å². The predicted octanol–water partition coefficient (Wildman–Crippen LogP) is 1.81. The highest BCUT2D eigenvalue weighted by atomic mass is 15.3. The molecular formula is C8H10N2. The third-order valence-electron chi connectivity index (χ3n) is 1.80. The molecule has 10 heavy (non-hydrogen) atoms. The number of hydrogen-bond donors (Lipinski definition) is 1. The van der Waals surface area contributed by atoms with Crippen LogP contribution in [0.3, 0.4) is 0 Å². The molecule has 0 saturated heterocycles. The van der Waals surface area contributed by atoms with Gasteiger partial charge in [-0.2, -0.15) is 0 Å². The molecule has 0 bridgehead atoms. The number of aromatic nitrogens is 2. The Morgan fingerprint density at radius 2 is 2.20 bits per heavy atom. The van der Waals surface area contributed by atoms with Gasteiger partial charge in [0.1, 0.15) is 0 Å². The second kappa shape index (κ2) is 1.66. The Balaban J connectivity index is 2.73. The van der Waals surface area contributed by atoms with Gasteiger partial charge in [-0.05, 0) is 24.6 Å². The van der Waals surface area contributed by atoms with Crippen LogP contribution in [0.4, 0.5) is 0 Å². The molecule has 1 heterocycles. The fourth-order valence-corrected chi connectivity index (χ4v) is 1.22. The summed E-state index contributed by atoms with van der Waals surface area (Å²) >= 11 is 0. The highest BCUT2D eigenvalue weighted by molar-refractivity contribution is 5.77. The van der Waals surface area contributed by atoms with Crippen LogP contribution in [-0.2, 0) is 7.05 Å². The van der Waals surface area contributed by atoms with Crippen molar-refractivity contribution in [2.45, 2.75) is 6.92 Å². The molecule has 0 aliphatic heterocycles. The maximum absolute atomic E-state index is 3.16. The second-order valence-electron chi connectivity index (χ2n) is 2.69. The average molecular weight is 134 g/mol. The summed E-state index contributed by atoms with van der Waals surface area (Å²) in [4.78, 5) is 0. The van der Waals surface area contributed by atoms with Crippen molar-refractivity contribution in [3.63, 3.8) is 0 Å². The lowest BCUT2D eigenvalue weighted by Gasteiger charge is -2.11. The molecule has 2 heteroatoms. The topological polar surface area (TPSA) is 20.7 Å². The fraction of sp³-hybridized carbons (Fsp3) is 0.250. The van der Waals surface area contributed by atoms with Crippen LogP contribution in [0, 0.1) is 6.92 Å². The third kappa shape index (κ3) is 0.588. The molecule has 52 valence electrons. The largest absolute Gasteiger partial charge is 0.296 e. The van der Waals surface area contributed by atoms with E-state index < -0.39 is 0 Å². The van der Waals surface area contributed by atoms with E-state index in [1.54, 1.807) is 0 Å². The molecule has 1 aromatic heterocycles. The Hall–Kier alpha value is -1.18. The lowest BCUT2D eigenvalue weighted by molar-refractivity contribution is 0.762. The van der Waals surface area contributed by atoms with Crippen molar-refractivity contribution in [3.8, 4) is 0 Å². The summed E-state index contributed by atoms with van der Waals surface area (Å²) in [6.07, 6.45) is 0. The van der Waals surface area contributed by atoms with Crippen molar-refractivity contribution >= 4 is 11.0 Å². The zero-order valence-electron chi connectivity index (χ0n) is 6.18. The first-order chi connectivity index (χ1) is 4.77. The molecule has 0 atom stereocenters. The van der Waals surface area contributed by atoms with Gasteiger partial charge in [0.2, 0.25) is 0 Å². The molecule has 0 radical (unpaired) electrons. The van der Waals surface area contributed by atoms with Gasteiger partial charge in [0.15, 0.2) is 0 Å². The molecule has 0 spiro atoms. The Labute approximate surface area is 59.4 Å². The number of fused-ring (bicyclic) bond motifs is 1. The fourth-order valence-electron chi connectivity index (χ4n) is 1.22. The number of nitrogens with one attached hydrogen (secondary N) is 1. The van der Waals surface area contributed by atoms with Crippen LogP contribution in [-0.4, -0.2) is 9.78 Å². The summed E-state index contributed by atoms with van der Waals surface area (Å²) in [5.74, 6) is 0. The molecule has 0 fully saturated rings. The number of rotatable bonds is 0. The second-order valence-corrected chi connectivity index (χ2v) is 2.69. The summed E-state index contributed by atoms with van der Waals surface area (Å²) in [5, 5.41) is 3.16. The number of aromatic amines is 1. The molecule has 0 unspecified atom stereocenters. The van der Waals surface area contributed by atoms with Crippen molar-refractivity contribution in [2.75, 3.05) is 0 Å². The summed E-state index contributed by atoms with van der Waals surface area (Å²) in [6, 6.07) is 6.40. The van der Waals surface area contributed by atoms with E-state index in [0.717, 1.165) is 0 Å². The van der Waals surface area contributed by atoms with Crippen molar-refractivity contribution in [1.29, 1.82) is 0 Å². The molecule has 1 aromatic carbocycles. The van der Waals surface area contributed by atoms with Gasteiger partial charge in [0.25, 0.3) is 0 Å². The SMILES string of the molecule is Cc1ccc2c(c1)[nH]n2C. The number of H-pyrrole nitrogens is 1. The molecule has 2 aromatic rings. The summed E-state index contributed by atoms with van der Waals surface area (Å²) in [6.45, 7) is 2.10. The van der Waals surface area contributed by atoms with Gasteiger partial charge in [-0.1, -0.05) is 6.07 Å². The van der Waals surface area contributed by atoms with E-state index in [9.17, 15) is 0 Å². The predicted molar refractivity (Wildman–Crippen MR) is 42.0 cm³/mol. The smallest absolute Gasteiger partial charge is 0.0818 e. The van der Waals surface area contributed by atoms with Gasteiger partial charge < -0.3 is 0 Å². The minimum atomic E-state index is 1.24. The molecule has 2 rings (SSSR count). The number of aryl methyl sites for hydroxylation is 2. The van der Waals surface area contributed by atoms with E-state index in [2.05, 4.69) is 30.2 Å². The van der Waals surface area contributed by atoms with E-state index in [1.165, 1.54) is 16.6 Å². The average Bonchev–Trinajstić information content (AvgIpc) is 1.86. The zero-order chi connectivity index (χ0) is 7.14. The summed E-state index contributed by atoms with van der Waals surface area (Å²) < 4.78 is 2.01. The van der Waals surface area contributed by atoms with Crippen LogP contribution >= 0.6 is 0 Å². The molecule has 0 aliphatic carbocycles. The lowest BCUT2D eigenvalue weighted by Crippen LogP contribution is -2.04. The van der Waals surface area contributed by atoms with E-state index in [4.69, 9.17) is 0 Å². The maximum atomic E-state index is 3.16. The van der Waals surface area contributed by atoms with E-state index in [-0.39, 0.29) is 0 Å². The molecular weight excluding hydrogens is 124 g/mol. The number of hydrogen-bond acceptors (Lipinski definition) is 0. The quantitative estimate of drug-likeness (QED) is 0.567. The third-order valence-corrected chi connectivity index (χ3v) is 1.80. The van der Waals surface area contributed by atoms with E-state index in [0.29, 0.717) is 0 Å². The summed E-state index contributed by atoms with van der Waals surface area (Å²) in [5.41, 5.74) is 3.83. The highest BCUT2D eigenvalue weighted by Gasteiger charge is 1.98. The first-order valence-corrected chi connectivity index (χ1v) is 3.38. The number of benzene rings is 1. The van der Waals surface area contributed by atoms with Gasteiger partial charge in [0, 0.05) is 7.05 Å². The van der Waals surface area contributed by atoms with Crippen molar-refractivity contribution in [2.24, 2.45) is 7.05 Å². The Kier molecular flexibility index (Phi) is 0.926. The van der Waals surface area contributed by atoms with Crippen LogP contribution < -0.4 is 0 Å². The Morgan fingerprint density at radius 1 is 1.40 bits per heavy atom. The normalized spacial score (nSPS) is 11.0. The van der Waals surface area contributed by atoms with Gasteiger partial charge >= 0.3 is 0 Å². The van der Waals surface area contributed by atoms with Crippen LogP contribution in [0.15, 0.2) is 18.2 Å².